The van der Waals surface area contributed by atoms with Gasteiger partial charge in [0.25, 0.3) is 0 Å². The first-order valence-corrected chi connectivity index (χ1v) is 8.83. The van der Waals surface area contributed by atoms with Gasteiger partial charge in [-0.05, 0) is 30.5 Å². The molecule has 0 atom stereocenters. The number of hydrogen-bond donors (Lipinski definition) is 1. The smallest absolute Gasteiger partial charge is 0.0887 e. The second-order valence-electron chi connectivity index (χ2n) is 7.57. The minimum Gasteiger partial charge on any atom is -0.392 e. The van der Waals surface area contributed by atoms with Crippen LogP contribution in [0.4, 0.5) is 0 Å². The van der Waals surface area contributed by atoms with Gasteiger partial charge >= 0.3 is 0 Å². The molecule has 0 radical (unpaired) electrons. The second-order valence-corrected chi connectivity index (χ2v) is 8.01. The molecule has 120 valence electrons. The molecule has 4 saturated heterocycles. The number of nitrogens with zero attached hydrogens (tertiary/aromatic N) is 2. The Labute approximate surface area is 137 Å². The summed E-state index contributed by atoms with van der Waals surface area (Å²) in [6.07, 6.45) is 2.30. The maximum Gasteiger partial charge on any atom is 0.0887 e. The van der Waals surface area contributed by atoms with Crippen LogP contribution in [0.5, 0.6) is 0 Å². The molecule has 0 aliphatic carbocycles. The van der Waals surface area contributed by atoms with E-state index in [9.17, 15) is 5.11 Å². The molecule has 0 aromatic heterocycles. The molecule has 0 amide bonds. The summed E-state index contributed by atoms with van der Waals surface area (Å²) in [6.45, 7) is 8.51. The van der Waals surface area contributed by atoms with E-state index in [-0.39, 0.29) is 16.9 Å². The number of piperidine rings is 2. The Balaban J connectivity index is 1.73. The highest BCUT2D eigenvalue weighted by molar-refractivity contribution is 6.30. The highest BCUT2D eigenvalue weighted by atomic mass is 35.5. The quantitative estimate of drug-likeness (QED) is 0.927. The molecule has 1 N–H and O–H groups in total. The van der Waals surface area contributed by atoms with Gasteiger partial charge < -0.3 is 5.11 Å². The average Bonchev–Trinajstić information content (AvgIpc) is 2.52. The molecule has 1 aromatic carbocycles. The van der Waals surface area contributed by atoms with E-state index >= 15 is 0 Å². The van der Waals surface area contributed by atoms with Gasteiger partial charge in [0, 0.05) is 42.0 Å². The van der Waals surface area contributed by atoms with E-state index in [0.29, 0.717) is 6.17 Å². The average molecular weight is 321 g/mol. The van der Waals surface area contributed by atoms with Crippen LogP contribution in [0.3, 0.4) is 0 Å². The van der Waals surface area contributed by atoms with Crippen molar-refractivity contribution in [2.24, 2.45) is 10.8 Å². The molecule has 22 heavy (non-hydrogen) atoms. The van der Waals surface area contributed by atoms with E-state index in [0.717, 1.165) is 44.0 Å². The molecule has 5 rings (SSSR count). The summed E-state index contributed by atoms with van der Waals surface area (Å²) in [5.41, 5.74) is 1.43. The van der Waals surface area contributed by atoms with Crippen LogP contribution in [0.25, 0.3) is 0 Å². The Bertz CT molecular complexity index is 533. The third-order valence-corrected chi connectivity index (χ3v) is 6.75. The van der Waals surface area contributed by atoms with Crippen LogP contribution in [0.15, 0.2) is 24.3 Å². The van der Waals surface area contributed by atoms with Crippen molar-refractivity contribution in [3.63, 3.8) is 0 Å². The topological polar surface area (TPSA) is 26.7 Å². The molecule has 4 fully saturated rings. The Kier molecular flexibility index (Phi) is 3.36. The summed E-state index contributed by atoms with van der Waals surface area (Å²) in [5, 5.41) is 11.8. The number of halogens is 1. The van der Waals surface area contributed by atoms with Crippen LogP contribution >= 0.6 is 11.6 Å². The Morgan fingerprint density at radius 3 is 1.86 bits per heavy atom. The van der Waals surface area contributed by atoms with Gasteiger partial charge in [-0.3, -0.25) is 9.80 Å². The molecule has 4 heteroatoms. The lowest BCUT2D eigenvalue weighted by molar-refractivity contribution is -0.266. The Morgan fingerprint density at radius 1 is 1.00 bits per heavy atom. The fourth-order valence-corrected chi connectivity index (χ4v) is 5.42. The highest BCUT2D eigenvalue weighted by Crippen LogP contribution is 2.56. The number of aliphatic hydroxyl groups excluding tert-OH is 1. The van der Waals surface area contributed by atoms with Crippen LogP contribution < -0.4 is 0 Å². The van der Waals surface area contributed by atoms with Crippen molar-refractivity contribution in [1.29, 1.82) is 0 Å². The van der Waals surface area contributed by atoms with E-state index in [1.54, 1.807) is 0 Å². The molecular formula is C18H25ClN2O. The van der Waals surface area contributed by atoms with Gasteiger partial charge in [0.2, 0.25) is 0 Å². The van der Waals surface area contributed by atoms with Crippen LogP contribution in [-0.2, 0) is 0 Å². The molecule has 0 unspecified atom stereocenters. The monoisotopic (exact) mass is 320 g/mol. The highest BCUT2D eigenvalue weighted by Gasteiger charge is 2.63. The summed E-state index contributed by atoms with van der Waals surface area (Å²) in [5.74, 6) is 0. The van der Waals surface area contributed by atoms with Crippen molar-refractivity contribution in [1.82, 2.24) is 9.80 Å². The van der Waals surface area contributed by atoms with Crippen LogP contribution in [0.2, 0.25) is 5.02 Å². The maximum atomic E-state index is 11.1. The van der Waals surface area contributed by atoms with E-state index in [2.05, 4.69) is 35.8 Å². The summed E-state index contributed by atoms with van der Waals surface area (Å²) in [4.78, 5) is 5.19. The Morgan fingerprint density at radius 2 is 1.45 bits per heavy atom. The van der Waals surface area contributed by atoms with E-state index < -0.39 is 0 Å². The van der Waals surface area contributed by atoms with E-state index in [1.807, 2.05) is 12.1 Å². The molecule has 1 aromatic rings. The van der Waals surface area contributed by atoms with Gasteiger partial charge in [-0.1, -0.05) is 37.6 Å². The van der Waals surface area contributed by atoms with Gasteiger partial charge in [0.05, 0.1) is 12.3 Å². The number of aliphatic hydroxyl groups is 1. The van der Waals surface area contributed by atoms with Crippen LogP contribution in [0.1, 0.15) is 38.4 Å². The predicted octanol–water partition coefficient (Wildman–Crippen LogP) is 3.14. The lowest BCUT2D eigenvalue weighted by Gasteiger charge is -2.69. The first-order valence-electron chi connectivity index (χ1n) is 8.45. The number of rotatable bonds is 3. The summed E-state index contributed by atoms with van der Waals surface area (Å²) >= 11 is 6.05. The summed E-state index contributed by atoms with van der Waals surface area (Å²) < 4.78 is 0. The van der Waals surface area contributed by atoms with Crippen LogP contribution in [0, 0.1) is 10.8 Å². The molecule has 4 aliphatic rings. The third-order valence-electron chi connectivity index (χ3n) is 6.50. The largest absolute Gasteiger partial charge is 0.392 e. The normalized spacial score (nSPS) is 46.2. The summed E-state index contributed by atoms with van der Waals surface area (Å²) in [6, 6.07) is 8.29. The van der Waals surface area contributed by atoms with E-state index in [1.165, 1.54) is 5.56 Å². The lowest BCUT2D eigenvalue weighted by Crippen LogP contribution is -2.78. The van der Waals surface area contributed by atoms with Gasteiger partial charge in [-0.15, -0.1) is 0 Å². The molecule has 3 nitrogen and oxygen atoms in total. The minimum absolute atomic E-state index is 0.0510. The molecule has 0 saturated carbocycles. The zero-order chi connectivity index (χ0) is 15.5. The van der Waals surface area contributed by atoms with Crippen LogP contribution in [-0.4, -0.2) is 47.2 Å². The van der Waals surface area contributed by atoms with Crippen molar-refractivity contribution in [2.75, 3.05) is 26.2 Å². The Hall–Kier alpha value is -0.610. The fraction of sp³-hybridized carbons (Fsp3) is 0.667. The minimum atomic E-state index is -0.159. The zero-order valence-electron chi connectivity index (χ0n) is 13.4. The SMILES string of the molecule is CCC12CN3CC(CC)(CN(C1)C3c1ccc(Cl)cc1)C2O. The van der Waals surface area contributed by atoms with Crippen molar-refractivity contribution in [3.8, 4) is 0 Å². The third kappa shape index (κ3) is 1.86. The van der Waals surface area contributed by atoms with Gasteiger partial charge in [0.1, 0.15) is 0 Å². The van der Waals surface area contributed by atoms with Gasteiger partial charge in [0.15, 0.2) is 0 Å². The first-order chi connectivity index (χ1) is 10.5. The summed E-state index contributed by atoms with van der Waals surface area (Å²) in [7, 11) is 0. The standard InChI is InChI=1S/C18H25ClN2O/c1-3-17-9-20-11-18(4-2,16(17)22)12-21(10-17)15(20)13-5-7-14(19)8-6-13/h5-8,15-16,22H,3-4,9-12H2,1-2H3. The molecule has 4 bridgehead atoms. The van der Waals surface area contributed by atoms with Crippen molar-refractivity contribution in [3.05, 3.63) is 34.9 Å². The fourth-order valence-electron chi connectivity index (χ4n) is 5.29. The maximum absolute atomic E-state index is 11.1. The van der Waals surface area contributed by atoms with Gasteiger partial charge in [-0.2, -0.15) is 0 Å². The second kappa shape index (κ2) is 4.94. The van der Waals surface area contributed by atoms with Crippen molar-refractivity contribution >= 4 is 11.6 Å². The first kappa shape index (κ1) is 14.9. The molecule has 4 aliphatic heterocycles. The van der Waals surface area contributed by atoms with E-state index in [4.69, 9.17) is 11.6 Å². The molecule has 4 heterocycles. The van der Waals surface area contributed by atoms with Crippen molar-refractivity contribution in [2.45, 2.75) is 39.0 Å². The predicted molar refractivity (Wildman–Crippen MR) is 88.8 cm³/mol. The molecular weight excluding hydrogens is 296 g/mol. The number of benzene rings is 1. The zero-order valence-corrected chi connectivity index (χ0v) is 14.2. The van der Waals surface area contributed by atoms with Crippen molar-refractivity contribution < 1.29 is 5.11 Å². The van der Waals surface area contributed by atoms with Gasteiger partial charge in [-0.25, -0.2) is 0 Å². The number of hydrogen-bond acceptors (Lipinski definition) is 3. The lowest BCUT2D eigenvalue weighted by atomic mass is 9.57. The molecule has 0 spiro atoms.